The average Bonchev–Trinajstić information content (AvgIpc) is 2.83. The molecule has 0 saturated carbocycles. The van der Waals surface area contributed by atoms with E-state index in [9.17, 15) is 9.59 Å². The number of amides is 2. The van der Waals surface area contributed by atoms with Crippen LogP contribution < -0.4 is 11.1 Å². The number of hydrogen-bond acceptors (Lipinski definition) is 5. The second-order valence-electron chi connectivity index (χ2n) is 4.68. The van der Waals surface area contributed by atoms with Gasteiger partial charge < -0.3 is 20.7 Å². The number of H-pyrrole nitrogens is 1. The van der Waals surface area contributed by atoms with Crippen LogP contribution >= 0.6 is 0 Å². The highest BCUT2D eigenvalue weighted by Gasteiger charge is 2.21. The van der Waals surface area contributed by atoms with E-state index < -0.39 is 0 Å². The minimum atomic E-state index is -0.379. The van der Waals surface area contributed by atoms with Gasteiger partial charge in [0.1, 0.15) is 0 Å². The molecule has 2 amide bonds. The first-order chi connectivity index (χ1) is 10.0. The normalized spacial score (nSPS) is 10.4. The summed E-state index contributed by atoms with van der Waals surface area (Å²) in [4.78, 5) is 25.2. The molecular weight excluding hydrogens is 274 g/mol. The number of hydrogen-bond donors (Lipinski definition) is 3. The molecule has 0 bridgehead atoms. The van der Waals surface area contributed by atoms with Gasteiger partial charge in [-0.3, -0.25) is 14.7 Å². The monoisotopic (exact) mass is 297 g/mol. The van der Waals surface area contributed by atoms with Crippen molar-refractivity contribution in [2.75, 3.05) is 39.6 Å². The molecule has 0 radical (unpaired) electrons. The fraction of sp³-hybridized carbons (Fsp3) is 0.615. The maximum atomic E-state index is 12.2. The van der Waals surface area contributed by atoms with E-state index in [-0.39, 0.29) is 24.1 Å². The number of anilines is 1. The summed E-state index contributed by atoms with van der Waals surface area (Å²) in [6, 6.07) is 0. The molecule has 118 valence electrons. The SMILES string of the molecule is CCc1[nH]nc(C(=O)N(C)CC(=O)NCCCOC)c1N. The number of nitrogens with two attached hydrogens (primary N) is 1. The molecule has 0 atom stereocenters. The Balaban J connectivity index is 2.50. The van der Waals surface area contributed by atoms with Gasteiger partial charge in [0.05, 0.1) is 17.9 Å². The number of nitrogens with one attached hydrogen (secondary N) is 2. The van der Waals surface area contributed by atoms with Crippen molar-refractivity contribution in [2.24, 2.45) is 0 Å². The van der Waals surface area contributed by atoms with Gasteiger partial charge in [0.2, 0.25) is 5.91 Å². The molecular formula is C13H23N5O3. The number of aromatic nitrogens is 2. The van der Waals surface area contributed by atoms with Crippen molar-refractivity contribution < 1.29 is 14.3 Å². The van der Waals surface area contributed by atoms with Crippen LogP contribution in [0.1, 0.15) is 29.5 Å². The molecule has 0 aliphatic rings. The number of rotatable bonds is 8. The van der Waals surface area contributed by atoms with Gasteiger partial charge in [0.25, 0.3) is 5.91 Å². The van der Waals surface area contributed by atoms with Crippen LogP contribution in [0.25, 0.3) is 0 Å². The Hall–Kier alpha value is -2.09. The zero-order valence-corrected chi connectivity index (χ0v) is 12.7. The fourth-order valence-electron chi connectivity index (χ4n) is 1.79. The van der Waals surface area contributed by atoms with Crippen LogP contribution in [0.4, 0.5) is 5.69 Å². The van der Waals surface area contributed by atoms with Crippen molar-refractivity contribution in [1.82, 2.24) is 20.4 Å². The summed E-state index contributed by atoms with van der Waals surface area (Å²) < 4.78 is 4.89. The highest BCUT2D eigenvalue weighted by atomic mass is 16.5. The third kappa shape index (κ3) is 4.75. The minimum Gasteiger partial charge on any atom is -0.395 e. The number of aryl methyl sites for hydroxylation is 1. The highest BCUT2D eigenvalue weighted by molar-refractivity contribution is 5.99. The Morgan fingerprint density at radius 2 is 2.19 bits per heavy atom. The molecule has 8 heteroatoms. The molecule has 1 heterocycles. The van der Waals surface area contributed by atoms with Crippen LogP contribution in [0.15, 0.2) is 0 Å². The van der Waals surface area contributed by atoms with Gasteiger partial charge in [0, 0.05) is 27.3 Å². The zero-order chi connectivity index (χ0) is 15.8. The van der Waals surface area contributed by atoms with E-state index in [1.54, 1.807) is 7.11 Å². The van der Waals surface area contributed by atoms with E-state index in [0.717, 1.165) is 12.1 Å². The summed E-state index contributed by atoms with van der Waals surface area (Å²) >= 11 is 0. The molecule has 0 aromatic carbocycles. The molecule has 4 N–H and O–H groups in total. The van der Waals surface area contributed by atoms with Crippen molar-refractivity contribution in [3.05, 3.63) is 11.4 Å². The van der Waals surface area contributed by atoms with E-state index in [0.29, 0.717) is 25.3 Å². The molecule has 0 saturated heterocycles. The summed E-state index contributed by atoms with van der Waals surface area (Å²) in [5, 5.41) is 9.35. The van der Waals surface area contributed by atoms with Crippen molar-refractivity contribution in [3.63, 3.8) is 0 Å². The van der Waals surface area contributed by atoms with Crippen LogP contribution in [-0.4, -0.2) is 60.8 Å². The summed E-state index contributed by atoms with van der Waals surface area (Å²) in [5.41, 5.74) is 7.06. The molecule has 0 unspecified atom stereocenters. The van der Waals surface area contributed by atoms with Crippen LogP contribution in [0.3, 0.4) is 0 Å². The molecule has 0 aliphatic heterocycles. The predicted molar refractivity (Wildman–Crippen MR) is 78.8 cm³/mol. The number of carbonyl (C=O) groups excluding carboxylic acids is 2. The van der Waals surface area contributed by atoms with E-state index >= 15 is 0 Å². The molecule has 1 rings (SSSR count). The first kappa shape index (κ1) is 17.0. The van der Waals surface area contributed by atoms with Crippen LogP contribution in [0.5, 0.6) is 0 Å². The first-order valence-electron chi connectivity index (χ1n) is 6.85. The number of ether oxygens (including phenoxy) is 1. The second-order valence-corrected chi connectivity index (χ2v) is 4.68. The first-order valence-corrected chi connectivity index (χ1v) is 6.85. The highest BCUT2D eigenvalue weighted by Crippen LogP contribution is 2.15. The predicted octanol–water partition coefficient (Wildman–Crippen LogP) is -0.221. The number of carbonyl (C=O) groups is 2. The lowest BCUT2D eigenvalue weighted by atomic mass is 10.2. The second kappa shape index (κ2) is 8.25. The van der Waals surface area contributed by atoms with Crippen molar-refractivity contribution in [1.29, 1.82) is 0 Å². The third-order valence-corrected chi connectivity index (χ3v) is 3.01. The molecule has 1 aromatic rings. The lowest BCUT2D eigenvalue weighted by Gasteiger charge is -2.15. The molecule has 0 aliphatic carbocycles. The maximum Gasteiger partial charge on any atom is 0.276 e. The number of nitrogen functional groups attached to an aromatic ring is 1. The van der Waals surface area contributed by atoms with Crippen LogP contribution in [0.2, 0.25) is 0 Å². The Kier molecular flexibility index (Phi) is 6.67. The Morgan fingerprint density at radius 3 is 2.76 bits per heavy atom. The Morgan fingerprint density at radius 1 is 1.48 bits per heavy atom. The molecule has 1 aromatic heterocycles. The maximum absolute atomic E-state index is 12.2. The standard InChI is InChI=1S/C13H23N5O3/c1-4-9-11(14)12(17-16-9)13(20)18(2)8-10(19)15-6-5-7-21-3/h4-8,14H2,1-3H3,(H,15,19)(H,16,17). The van der Waals surface area contributed by atoms with Gasteiger partial charge in [-0.25, -0.2) is 0 Å². The average molecular weight is 297 g/mol. The van der Waals surface area contributed by atoms with Crippen LogP contribution in [0, 0.1) is 0 Å². The summed E-state index contributed by atoms with van der Waals surface area (Å²) in [6.07, 6.45) is 1.39. The van der Waals surface area contributed by atoms with E-state index in [1.165, 1.54) is 11.9 Å². The van der Waals surface area contributed by atoms with Crippen molar-refractivity contribution in [2.45, 2.75) is 19.8 Å². The van der Waals surface area contributed by atoms with Gasteiger partial charge >= 0.3 is 0 Å². The van der Waals surface area contributed by atoms with Crippen molar-refractivity contribution in [3.8, 4) is 0 Å². The Labute approximate surface area is 124 Å². The lowest BCUT2D eigenvalue weighted by molar-refractivity contribution is -0.121. The van der Waals surface area contributed by atoms with Gasteiger partial charge in [-0.2, -0.15) is 5.10 Å². The Bertz CT molecular complexity index is 486. The molecule has 8 nitrogen and oxygen atoms in total. The molecule has 0 spiro atoms. The molecule has 0 fully saturated rings. The van der Waals surface area contributed by atoms with Gasteiger partial charge in [-0.05, 0) is 12.8 Å². The quantitative estimate of drug-likeness (QED) is 0.574. The zero-order valence-electron chi connectivity index (χ0n) is 12.7. The van der Waals surface area contributed by atoms with Gasteiger partial charge in [0.15, 0.2) is 5.69 Å². The number of methoxy groups -OCH3 is 1. The third-order valence-electron chi connectivity index (χ3n) is 3.01. The van der Waals surface area contributed by atoms with Gasteiger partial charge in [-0.1, -0.05) is 6.92 Å². The number of likely N-dealkylation sites (N-methyl/N-ethyl adjacent to an activating group) is 1. The fourth-order valence-corrected chi connectivity index (χ4v) is 1.79. The summed E-state index contributed by atoms with van der Waals surface area (Å²) in [7, 11) is 3.14. The number of aromatic amines is 1. The minimum absolute atomic E-state index is 0.0421. The van der Waals surface area contributed by atoms with Crippen molar-refractivity contribution >= 4 is 17.5 Å². The van der Waals surface area contributed by atoms with Crippen LogP contribution in [-0.2, 0) is 16.0 Å². The van der Waals surface area contributed by atoms with E-state index in [2.05, 4.69) is 15.5 Å². The summed E-state index contributed by atoms with van der Waals surface area (Å²) in [6.45, 7) is 2.97. The largest absolute Gasteiger partial charge is 0.395 e. The number of nitrogens with zero attached hydrogens (tertiary/aromatic N) is 2. The molecule has 21 heavy (non-hydrogen) atoms. The van der Waals surface area contributed by atoms with Gasteiger partial charge in [-0.15, -0.1) is 0 Å². The van der Waals surface area contributed by atoms with E-state index in [1.807, 2.05) is 6.92 Å². The smallest absolute Gasteiger partial charge is 0.276 e. The lowest BCUT2D eigenvalue weighted by Crippen LogP contribution is -2.39. The topological polar surface area (TPSA) is 113 Å². The van der Waals surface area contributed by atoms with E-state index in [4.69, 9.17) is 10.5 Å². The summed E-state index contributed by atoms with van der Waals surface area (Å²) in [5.74, 6) is -0.609.